The molecule has 0 aliphatic heterocycles. The quantitative estimate of drug-likeness (QED) is 0.679. The van der Waals surface area contributed by atoms with E-state index >= 15 is 0 Å². The average Bonchev–Trinajstić information content (AvgIpc) is 2.31. The molecule has 0 fully saturated rings. The van der Waals surface area contributed by atoms with Gasteiger partial charge in [0, 0.05) is 33.9 Å². The minimum Gasteiger partial charge on any atom is -0.385 e. The highest BCUT2D eigenvalue weighted by molar-refractivity contribution is 8.27. The summed E-state index contributed by atoms with van der Waals surface area (Å²) in [7, 11) is 7.45. The lowest BCUT2D eigenvalue weighted by atomic mass is 10.1. The minimum absolute atomic E-state index is 0.280. The van der Waals surface area contributed by atoms with Gasteiger partial charge in [-0.25, -0.2) is 0 Å². The van der Waals surface area contributed by atoms with Gasteiger partial charge in [-0.15, -0.1) is 0 Å². The first-order valence-electron chi connectivity index (χ1n) is 5.38. The molecule has 0 amide bonds. The van der Waals surface area contributed by atoms with Gasteiger partial charge in [-0.1, -0.05) is 72.4 Å². The van der Waals surface area contributed by atoms with Crippen molar-refractivity contribution < 1.29 is 0 Å². The Hall–Kier alpha value is 0.260. The number of hydrogen-bond donors (Lipinski definition) is 2. The Morgan fingerprint density at radius 1 is 0.900 bits per heavy atom. The summed E-state index contributed by atoms with van der Waals surface area (Å²) >= 11 is 23.7. The van der Waals surface area contributed by atoms with Crippen molar-refractivity contribution in [3.63, 3.8) is 0 Å². The number of nitrogens with two attached hydrogens (primary N) is 2. The zero-order valence-electron chi connectivity index (χ0n) is 11.7. The van der Waals surface area contributed by atoms with Gasteiger partial charge in [0.25, 0.3) is 0 Å². The van der Waals surface area contributed by atoms with Gasteiger partial charge in [-0.2, -0.15) is 0 Å². The van der Waals surface area contributed by atoms with Gasteiger partial charge < -0.3 is 21.3 Å². The van der Waals surface area contributed by atoms with Crippen LogP contribution < -0.4 is 11.5 Å². The number of thioether (sulfide) groups is 2. The zero-order valence-corrected chi connectivity index (χ0v) is 16.6. The Kier molecular flexibility index (Phi) is 8.75. The SMILES string of the molecule is CN(C)C(=S)C(CSC(N)=S)(SC(N)=S)C(=S)N(C)C. The number of rotatable bonds is 5. The van der Waals surface area contributed by atoms with Crippen molar-refractivity contribution in [3.05, 3.63) is 0 Å². The van der Waals surface area contributed by atoms with E-state index in [1.807, 2.05) is 38.0 Å². The summed E-state index contributed by atoms with van der Waals surface area (Å²) in [6, 6.07) is 0. The van der Waals surface area contributed by atoms with Gasteiger partial charge in [-0.3, -0.25) is 0 Å². The molecule has 4 N–H and O–H groups in total. The van der Waals surface area contributed by atoms with Crippen LogP contribution >= 0.6 is 72.4 Å². The minimum atomic E-state index is -0.725. The molecule has 0 atom stereocenters. The molecule has 0 aliphatic carbocycles. The van der Waals surface area contributed by atoms with Crippen LogP contribution in [0.2, 0.25) is 0 Å². The lowest BCUT2D eigenvalue weighted by Gasteiger charge is -2.38. The molecule has 0 spiro atoms. The fourth-order valence-electron chi connectivity index (χ4n) is 1.40. The summed E-state index contributed by atoms with van der Waals surface area (Å²) in [6.45, 7) is 0. The molecule has 0 rings (SSSR count). The Labute approximate surface area is 150 Å². The van der Waals surface area contributed by atoms with Crippen molar-refractivity contribution in [3.8, 4) is 0 Å². The van der Waals surface area contributed by atoms with Gasteiger partial charge in [-0.05, 0) is 0 Å². The van der Waals surface area contributed by atoms with Gasteiger partial charge in [0.15, 0.2) is 0 Å². The highest BCUT2D eigenvalue weighted by Gasteiger charge is 2.43. The van der Waals surface area contributed by atoms with E-state index in [2.05, 4.69) is 0 Å². The molecule has 0 unspecified atom stereocenters. The van der Waals surface area contributed by atoms with E-state index in [0.717, 1.165) is 0 Å². The summed E-state index contributed by atoms with van der Waals surface area (Å²) in [4.78, 5) is 4.93. The Morgan fingerprint density at radius 3 is 1.55 bits per heavy atom. The molecule has 4 nitrogen and oxygen atoms in total. The van der Waals surface area contributed by atoms with E-state index in [-0.39, 0.29) is 4.32 Å². The van der Waals surface area contributed by atoms with Gasteiger partial charge in [0.05, 0.1) is 0 Å². The molecule has 114 valence electrons. The summed E-state index contributed by atoms with van der Waals surface area (Å²) in [5.74, 6) is 0.484. The number of hydrogen-bond acceptors (Lipinski definition) is 6. The first-order chi connectivity index (χ1) is 9.04. The van der Waals surface area contributed by atoms with E-state index in [9.17, 15) is 0 Å². The Morgan fingerprint density at radius 2 is 1.30 bits per heavy atom. The predicted molar refractivity (Wildman–Crippen MR) is 109 cm³/mol. The Balaban J connectivity index is 5.74. The van der Waals surface area contributed by atoms with Crippen molar-refractivity contribution in [1.82, 2.24) is 9.80 Å². The van der Waals surface area contributed by atoms with Gasteiger partial charge in [0.1, 0.15) is 23.4 Å². The van der Waals surface area contributed by atoms with E-state index in [1.54, 1.807) is 0 Å². The summed E-state index contributed by atoms with van der Waals surface area (Å²) in [6.07, 6.45) is 0. The van der Waals surface area contributed by atoms with Crippen molar-refractivity contribution in [2.75, 3.05) is 33.9 Å². The second-order valence-electron chi connectivity index (χ2n) is 4.25. The van der Waals surface area contributed by atoms with Crippen LogP contribution in [-0.2, 0) is 0 Å². The summed E-state index contributed by atoms with van der Waals surface area (Å²) in [5, 5.41) is 0. The largest absolute Gasteiger partial charge is 0.385 e. The molecule has 0 aromatic carbocycles. The smallest absolute Gasteiger partial charge is 0.132 e. The van der Waals surface area contributed by atoms with Crippen molar-refractivity contribution >= 4 is 91.0 Å². The first kappa shape index (κ1) is 20.3. The van der Waals surface area contributed by atoms with Gasteiger partial charge in [0.2, 0.25) is 0 Å². The third-order valence-electron chi connectivity index (χ3n) is 2.20. The molecule has 0 heterocycles. The van der Waals surface area contributed by atoms with Crippen LogP contribution in [0.1, 0.15) is 0 Å². The van der Waals surface area contributed by atoms with E-state index < -0.39 is 4.75 Å². The number of thiocarbonyl (C=S) groups is 4. The molecular formula is C10H18N4S6. The highest BCUT2D eigenvalue weighted by Crippen LogP contribution is 2.35. The van der Waals surface area contributed by atoms with Crippen LogP contribution in [-0.4, -0.2) is 67.1 Å². The summed E-state index contributed by atoms with van der Waals surface area (Å²) in [5.41, 5.74) is 11.3. The second kappa shape index (κ2) is 8.64. The Bertz CT molecular complexity index is 400. The lowest BCUT2D eigenvalue weighted by Crippen LogP contribution is -2.55. The van der Waals surface area contributed by atoms with Crippen molar-refractivity contribution in [2.24, 2.45) is 11.5 Å². The topological polar surface area (TPSA) is 58.5 Å². The predicted octanol–water partition coefficient (Wildman–Crippen LogP) is 1.46. The third kappa shape index (κ3) is 5.57. The lowest BCUT2D eigenvalue weighted by molar-refractivity contribution is 0.586. The maximum absolute atomic E-state index is 5.73. The third-order valence-corrected chi connectivity index (χ3v) is 6.61. The molecule has 0 radical (unpaired) electrons. The maximum atomic E-state index is 5.73. The van der Waals surface area contributed by atoms with Crippen LogP contribution in [0.5, 0.6) is 0 Å². The molecule has 0 aromatic rings. The normalized spacial score (nSPS) is 10.8. The fraction of sp³-hybridized carbons (Fsp3) is 0.600. The van der Waals surface area contributed by atoms with E-state index in [0.29, 0.717) is 20.1 Å². The zero-order chi connectivity index (χ0) is 16.1. The average molecular weight is 387 g/mol. The standard InChI is InChI=1S/C10H18N4S6/c1-13(2)6(15)10(20-9(12)18,5-19-8(11)17)7(16)14(3)4/h5H2,1-4H3,(H2,11,17)(H2,12,18). The highest BCUT2D eigenvalue weighted by atomic mass is 32.2. The van der Waals surface area contributed by atoms with Crippen molar-refractivity contribution in [2.45, 2.75) is 4.75 Å². The maximum Gasteiger partial charge on any atom is 0.132 e. The second-order valence-corrected chi connectivity index (χ2v) is 8.78. The van der Waals surface area contributed by atoms with E-state index in [4.69, 9.17) is 60.3 Å². The van der Waals surface area contributed by atoms with Crippen LogP contribution in [0.3, 0.4) is 0 Å². The molecule has 0 aromatic heterocycles. The van der Waals surface area contributed by atoms with Crippen LogP contribution in [0.15, 0.2) is 0 Å². The van der Waals surface area contributed by atoms with E-state index in [1.165, 1.54) is 23.5 Å². The van der Waals surface area contributed by atoms with Crippen LogP contribution in [0.4, 0.5) is 0 Å². The molecule has 10 heteroatoms. The molecule has 0 aliphatic rings. The van der Waals surface area contributed by atoms with Gasteiger partial charge >= 0.3 is 0 Å². The molecule has 20 heavy (non-hydrogen) atoms. The van der Waals surface area contributed by atoms with Crippen LogP contribution in [0.25, 0.3) is 0 Å². The molecular weight excluding hydrogens is 369 g/mol. The monoisotopic (exact) mass is 386 g/mol. The van der Waals surface area contributed by atoms with Crippen LogP contribution in [0, 0.1) is 0 Å². The summed E-state index contributed by atoms with van der Waals surface area (Å²) < 4.78 is -0.111. The molecule has 0 saturated carbocycles. The van der Waals surface area contributed by atoms with Crippen molar-refractivity contribution in [1.29, 1.82) is 0 Å². The molecule has 0 bridgehead atoms. The fourth-order valence-corrected chi connectivity index (χ4v) is 4.75. The molecule has 0 saturated heterocycles. The number of nitrogens with zero attached hydrogens (tertiary/aromatic N) is 2. The first-order valence-corrected chi connectivity index (χ1v) is 8.82.